The predicted molar refractivity (Wildman–Crippen MR) is 80.7 cm³/mol. The molecule has 0 bridgehead atoms. The second-order valence-electron chi connectivity index (χ2n) is 5.64. The van der Waals surface area contributed by atoms with Gasteiger partial charge >= 0.3 is 6.18 Å². The first-order chi connectivity index (χ1) is 10.4. The van der Waals surface area contributed by atoms with Crippen LogP contribution < -0.4 is 4.90 Å². The highest BCUT2D eigenvalue weighted by atomic mass is 19.4. The molecule has 2 aromatic rings. The summed E-state index contributed by atoms with van der Waals surface area (Å²) < 4.78 is 38.5. The van der Waals surface area contributed by atoms with E-state index in [2.05, 4.69) is 16.8 Å². The summed E-state index contributed by atoms with van der Waals surface area (Å²) in [5.41, 5.74) is 0.415. The molecule has 2 nitrogen and oxygen atoms in total. The maximum atomic E-state index is 12.8. The summed E-state index contributed by atoms with van der Waals surface area (Å²) in [5, 5.41) is 0. The zero-order valence-corrected chi connectivity index (χ0v) is 12.3. The van der Waals surface area contributed by atoms with Gasteiger partial charge < -0.3 is 4.90 Å². The van der Waals surface area contributed by atoms with Crippen LogP contribution in [0.1, 0.15) is 25.3 Å². The lowest BCUT2D eigenvalue weighted by molar-refractivity contribution is -0.137. The molecule has 1 aliphatic rings. The second-order valence-corrected chi connectivity index (χ2v) is 5.64. The van der Waals surface area contributed by atoms with Crippen molar-refractivity contribution in [3.05, 3.63) is 48.0 Å². The van der Waals surface area contributed by atoms with Crippen molar-refractivity contribution in [1.29, 1.82) is 0 Å². The number of benzene rings is 1. The largest absolute Gasteiger partial charge is 0.416 e. The summed E-state index contributed by atoms with van der Waals surface area (Å²) in [4.78, 5) is 6.76. The van der Waals surface area contributed by atoms with E-state index in [1.807, 2.05) is 12.1 Å². The number of anilines is 1. The molecule has 22 heavy (non-hydrogen) atoms. The third kappa shape index (κ3) is 2.93. The van der Waals surface area contributed by atoms with Crippen LogP contribution in [0.25, 0.3) is 11.3 Å². The van der Waals surface area contributed by atoms with Gasteiger partial charge in [-0.05, 0) is 44.0 Å². The quantitative estimate of drug-likeness (QED) is 0.795. The molecule has 0 amide bonds. The molecule has 2 heterocycles. The molecular weight excluding hydrogens is 289 g/mol. The molecule has 0 aliphatic carbocycles. The first-order valence-electron chi connectivity index (χ1n) is 7.36. The smallest absolute Gasteiger partial charge is 0.354 e. The van der Waals surface area contributed by atoms with Crippen molar-refractivity contribution in [2.75, 3.05) is 11.4 Å². The van der Waals surface area contributed by atoms with Crippen LogP contribution in [0.5, 0.6) is 0 Å². The Bertz CT molecular complexity index is 667. The molecule has 0 N–H and O–H groups in total. The molecule has 1 unspecified atom stereocenters. The number of aromatic nitrogens is 1. The molecule has 1 aromatic heterocycles. The van der Waals surface area contributed by atoms with Gasteiger partial charge in [-0.3, -0.25) is 0 Å². The van der Waals surface area contributed by atoms with E-state index in [-0.39, 0.29) is 0 Å². The Hall–Kier alpha value is -2.04. The maximum Gasteiger partial charge on any atom is 0.416 e. The lowest BCUT2D eigenvalue weighted by Crippen LogP contribution is -2.27. The van der Waals surface area contributed by atoms with Crippen LogP contribution in [-0.4, -0.2) is 17.6 Å². The van der Waals surface area contributed by atoms with Gasteiger partial charge in [-0.15, -0.1) is 0 Å². The molecule has 1 saturated heterocycles. The number of alkyl halides is 3. The van der Waals surface area contributed by atoms with E-state index >= 15 is 0 Å². The van der Waals surface area contributed by atoms with Crippen LogP contribution in [0.4, 0.5) is 19.0 Å². The van der Waals surface area contributed by atoms with Gasteiger partial charge in [0.05, 0.1) is 11.3 Å². The first-order valence-corrected chi connectivity index (χ1v) is 7.36. The Morgan fingerprint density at radius 2 is 1.91 bits per heavy atom. The number of pyridine rings is 1. The lowest BCUT2D eigenvalue weighted by atomic mass is 10.1. The lowest BCUT2D eigenvalue weighted by Gasteiger charge is -2.23. The molecule has 0 saturated carbocycles. The van der Waals surface area contributed by atoms with Gasteiger partial charge in [0.25, 0.3) is 0 Å². The van der Waals surface area contributed by atoms with E-state index in [9.17, 15) is 13.2 Å². The summed E-state index contributed by atoms with van der Waals surface area (Å²) in [5.74, 6) is 0.833. The summed E-state index contributed by atoms with van der Waals surface area (Å²) in [6.45, 7) is 3.09. The van der Waals surface area contributed by atoms with E-state index < -0.39 is 11.7 Å². The Labute approximate surface area is 127 Å². The Kier molecular flexibility index (Phi) is 3.81. The fraction of sp³-hybridized carbons (Fsp3) is 0.353. The van der Waals surface area contributed by atoms with E-state index in [4.69, 9.17) is 0 Å². The average Bonchev–Trinajstić information content (AvgIpc) is 2.93. The molecule has 0 radical (unpaired) electrons. The summed E-state index contributed by atoms with van der Waals surface area (Å²) >= 11 is 0. The molecule has 3 rings (SSSR count). The molecule has 1 atom stereocenters. The van der Waals surface area contributed by atoms with Gasteiger partial charge in [-0.25, -0.2) is 4.98 Å². The zero-order valence-electron chi connectivity index (χ0n) is 12.3. The molecule has 5 heteroatoms. The van der Waals surface area contributed by atoms with Crippen LogP contribution in [0.3, 0.4) is 0 Å². The number of halogens is 3. The van der Waals surface area contributed by atoms with Gasteiger partial charge in [0.1, 0.15) is 5.82 Å². The number of rotatable bonds is 2. The highest BCUT2D eigenvalue weighted by Gasteiger charge is 2.30. The monoisotopic (exact) mass is 306 g/mol. The third-order valence-corrected chi connectivity index (χ3v) is 4.07. The van der Waals surface area contributed by atoms with Crippen molar-refractivity contribution in [3.63, 3.8) is 0 Å². The standard InChI is InChI=1S/C17H17F3N2/c1-12-5-4-10-22(12)16-9-3-8-15(21-16)13-6-2-7-14(11-13)17(18,19)20/h2-3,6-9,11-12H,4-5,10H2,1H3. The van der Waals surface area contributed by atoms with Crippen LogP contribution in [0.15, 0.2) is 42.5 Å². The normalized spacial score (nSPS) is 18.7. The minimum absolute atomic E-state index is 0.421. The SMILES string of the molecule is CC1CCCN1c1cccc(-c2cccc(C(F)(F)F)c2)n1. The fourth-order valence-electron chi connectivity index (χ4n) is 2.87. The highest BCUT2D eigenvalue weighted by Crippen LogP contribution is 2.32. The molecule has 1 aliphatic heterocycles. The van der Waals surface area contributed by atoms with E-state index in [0.717, 1.165) is 37.3 Å². The van der Waals surface area contributed by atoms with Crippen molar-refractivity contribution in [2.24, 2.45) is 0 Å². The Balaban J connectivity index is 1.96. The van der Waals surface area contributed by atoms with Gasteiger partial charge in [0.2, 0.25) is 0 Å². The molecule has 0 spiro atoms. The van der Waals surface area contributed by atoms with Crippen LogP contribution in [0.2, 0.25) is 0 Å². The summed E-state index contributed by atoms with van der Waals surface area (Å²) in [7, 11) is 0. The Morgan fingerprint density at radius 3 is 2.59 bits per heavy atom. The topological polar surface area (TPSA) is 16.1 Å². The van der Waals surface area contributed by atoms with E-state index in [1.54, 1.807) is 12.1 Å². The summed E-state index contributed by atoms with van der Waals surface area (Å²) in [6, 6.07) is 11.3. The van der Waals surface area contributed by atoms with Crippen LogP contribution >= 0.6 is 0 Å². The third-order valence-electron chi connectivity index (χ3n) is 4.07. The van der Waals surface area contributed by atoms with E-state index in [0.29, 0.717) is 17.3 Å². The second kappa shape index (κ2) is 5.63. The first kappa shape index (κ1) is 14.9. The van der Waals surface area contributed by atoms with Crippen molar-refractivity contribution in [2.45, 2.75) is 32.0 Å². The number of hydrogen-bond acceptors (Lipinski definition) is 2. The van der Waals surface area contributed by atoms with Crippen molar-refractivity contribution in [3.8, 4) is 11.3 Å². The van der Waals surface area contributed by atoms with E-state index in [1.165, 1.54) is 6.07 Å². The zero-order chi connectivity index (χ0) is 15.7. The fourth-order valence-corrected chi connectivity index (χ4v) is 2.87. The number of hydrogen-bond donors (Lipinski definition) is 0. The molecule has 116 valence electrons. The van der Waals surface area contributed by atoms with Crippen molar-refractivity contribution < 1.29 is 13.2 Å². The van der Waals surface area contributed by atoms with Crippen LogP contribution in [-0.2, 0) is 6.18 Å². The average molecular weight is 306 g/mol. The Morgan fingerprint density at radius 1 is 1.14 bits per heavy atom. The van der Waals surface area contributed by atoms with Gasteiger partial charge in [-0.1, -0.05) is 18.2 Å². The van der Waals surface area contributed by atoms with Crippen molar-refractivity contribution in [1.82, 2.24) is 4.98 Å². The minimum atomic E-state index is -4.34. The van der Waals surface area contributed by atoms with Gasteiger partial charge in [0.15, 0.2) is 0 Å². The minimum Gasteiger partial charge on any atom is -0.354 e. The maximum absolute atomic E-state index is 12.8. The molecule has 1 aromatic carbocycles. The highest BCUT2D eigenvalue weighted by molar-refractivity contribution is 5.62. The predicted octanol–water partition coefficient (Wildman–Crippen LogP) is 4.76. The molecular formula is C17H17F3N2. The van der Waals surface area contributed by atoms with Crippen molar-refractivity contribution >= 4 is 5.82 Å². The number of nitrogens with zero attached hydrogens (tertiary/aromatic N) is 2. The van der Waals surface area contributed by atoms with Gasteiger partial charge in [0, 0.05) is 18.2 Å². The van der Waals surface area contributed by atoms with Gasteiger partial charge in [-0.2, -0.15) is 13.2 Å². The van der Waals surface area contributed by atoms with Crippen LogP contribution in [0, 0.1) is 0 Å². The summed E-state index contributed by atoms with van der Waals surface area (Å²) in [6.07, 6.45) is -2.09. The molecule has 1 fully saturated rings.